The van der Waals surface area contributed by atoms with E-state index in [1.807, 2.05) is 18.2 Å². The summed E-state index contributed by atoms with van der Waals surface area (Å²) in [7, 11) is 0. The molecule has 0 bridgehead atoms. The van der Waals surface area contributed by atoms with Gasteiger partial charge >= 0.3 is 0 Å². The van der Waals surface area contributed by atoms with Gasteiger partial charge in [-0.15, -0.1) is 0 Å². The summed E-state index contributed by atoms with van der Waals surface area (Å²) in [6.45, 7) is 11.3. The molecular weight excluding hydrogens is 474 g/mol. The summed E-state index contributed by atoms with van der Waals surface area (Å²) in [6, 6.07) is 16.8. The van der Waals surface area contributed by atoms with Crippen LogP contribution in [0.25, 0.3) is 10.9 Å². The van der Waals surface area contributed by atoms with Crippen molar-refractivity contribution < 1.29 is 9.53 Å². The second-order valence-corrected chi connectivity index (χ2v) is 11.5. The fourth-order valence-corrected chi connectivity index (χ4v) is 6.76. The average molecular weight is 508 g/mol. The standard InChI is InChI=1S/C31H33N5O2/c1-20(35-10-8-31(19-33,9-11-35)36-12-14-38-15-13-36)22-5-7-23-25(17-22)30(2,3)29-27(28(23)37)24-6-4-21(18-32)16-26(24)34-29/h4-7,16-17,20,34H,8-15H2,1-3H3. The van der Waals surface area contributed by atoms with Crippen LogP contribution in [0.4, 0.5) is 0 Å². The summed E-state index contributed by atoms with van der Waals surface area (Å²) < 4.78 is 5.52. The van der Waals surface area contributed by atoms with Gasteiger partial charge in [0.1, 0.15) is 5.54 Å². The fourth-order valence-electron chi connectivity index (χ4n) is 6.76. The highest BCUT2D eigenvalue weighted by molar-refractivity contribution is 6.20. The second-order valence-electron chi connectivity index (χ2n) is 11.5. The predicted octanol–water partition coefficient (Wildman–Crippen LogP) is 4.66. The van der Waals surface area contributed by atoms with Crippen LogP contribution in [0.3, 0.4) is 0 Å². The molecule has 1 unspecified atom stereocenters. The number of hydrogen-bond donors (Lipinski definition) is 1. The molecule has 194 valence electrons. The number of H-pyrrole nitrogens is 1. The lowest BCUT2D eigenvalue weighted by Gasteiger charge is -2.47. The van der Waals surface area contributed by atoms with Gasteiger partial charge in [-0.25, -0.2) is 0 Å². The summed E-state index contributed by atoms with van der Waals surface area (Å²) in [5.74, 6) is 0.0340. The smallest absolute Gasteiger partial charge is 0.195 e. The van der Waals surface area contributed by atoms with Crippen LogP contribution in [0.5, 0.6) is 0 Å². The van der Waals surface area contributed by atoms with E-state index in [0.29, 0.717) is 18.8 Å². The number of morpholine rings is 1. The summed E-state index contributed by atoms with van der Waals surface area (Å²) in [4.78, 5) is 22.0. The molecule has 1 aliphatic carbocycles. The first-order valence-corrected chi connectivity index (χ1v) is 13.5. The molecule has 2 aliphatic heterocycles. The average Bonchev–Trinajstić information content (AvgIpc) is 3.36. The van der Waals surface area contributed by atoms with Crippen molar-refractivity contribution in [3.8, 4) is 12.1 Å². The first-order chi connectivity index (χ1) is 18.3. The van der Waals surface area contributed by atoms with E-state index in [-0.39, 0.29) is 11.8 Å². The molecule has 3 aromatic rings. The Labute approximate surface area is 223 Å². The molecule has 7 heteroatoms. The van der Waals surface area contributed by atoms with Gasteiger partial charge in [-0.3, -0.25) is 14.6 Å². The van der Waals surface area contributed by atoms with E-state index in [0.717, 1.165) is 72.3 Å². The van der Waals surface area contributed by atoms with Crippen LogP contribution in [-0.4, -0.2) is 65.5 Å². The molecule has 0 radical (unpaired) electrons. The molecule has 38 heavy (non-hydrogen) atoms. The maximum absolute atomic E-state index is 13.7. The number of carbonyl (C=O) groups excluding carboxylic acids is 1. The van der Waals surface area contributed by atoms with Crippen LogP contribution >= 0.6 is 0 Å². The monoisotopic (exact) mass is 507 g/mol. The molecule has 3 aliphatic rings. The summed E-state index contributed by atoms with van der Waals surface area (Å²) in [5.41, 5.74) is 5.20. The van der Waals surface area contributed by atoms with Gasteiger partial charge < -0.3 is 9.72 Å². The number of piperidine rings is 1. The lowest BCUT2D eigenvalue weighted by Crippen LogP contribution is -2.57. The molecule has 1 aromatic heterocycles. The van der Waals surface area contributed by atoms with Gasteiger partial charge in [0.15, 0.2) is 5.78 Å². The zero-order valence-electron chi connectivity index (χ0n) is 22.3. The minimum absolute atomic E-state index is 0.0340. The van der Waals surface area contributed by atoms with E-state index in [1.54, 1.807) is 6.07 Å². The van der Waals surface area contributed by atoms with Crippen molar-refractivity contribution in [2.75, 3.05) is 39.4 Å². The van der Waals surface area contributed by atoms with Crippen molar-refractivity contribution in [2.24, 2.45) is 0 Å². The lowest BCUT2D eigenvalue weighted by molar-refractivity contribution is -0.0282. The van der Waals surface area contributed by atoms with Crippen LogP contribution in [-0.2, 0) is 10.2 Å². The molecule has 1 N–H and O–H groups in total. The van der Waals surface area contributed by atoms with Gasteiger partial charge in [0.25, 0.3) is 0 Å². The van der Waals surface area contributed by atoms with Gasteiger partial charge in [0.05, 0.1) is 36.5 Å². The van der Waals surface area contributed by atoms with Crippen LogP contribution < -0.4 is 0 Å². The third-order valence-corrected chi connectivity index (χ3v) is 9.22. The normalized spacial score (nSPS) is 21.8. The number of nitrogens with one attached hydrogen (secondary N) is 1. The van der Waals surface area contributed by atoms with Crippen LogP contribution in [0.2, 0.25) is 0 Å². The first-order valence-electron chi connectivity index (χ1n) is 13.5. The zero-order valence-corrected chi connectivity index (χ0v) is 22.3. The van der Waals surface area contributed by atoms with Gasteiger partial charge in [-0.2, -0.15) is 10.5 Å². The van der Waals surface area contributed by atoms with E-state index in [9.17, 15) is 15.3 Å². The number of carbonyl (C=O) groups is 1. The van der Waals surface area contributed by atoms with E-state index in [1.165, 1.54) is 5.56 Å². The molecule has 6 rings (SSSR count). The maximum Gasteiger partial charge on any atom is 0.195 e. The molecule has 0 saturated carbocycles. The van der Waals surface area contributed by atoms with E-state index in [4.69, 9.17) is 4.74 Å². The molecule has 7 nitrogen and oxygen atoms in total. The number of rotatable bonds is 3. The highest BCUT2D eigenvalue weighted by Gasteiger charge is 2.43. The molecule has 0 amide bonds. The third-order valence-electron chi connectivity index (χ3n) is 9.22. The Balaban J connectivity index is 1.29. The number of aromatic nitrogens is 1. The SMILES string of the molecule is CC(c1ccc2c(c1)C(C)(C)c1[nH]c3cc(C#N)ccc3c1C2=O)N1CCC(C#N)(N2CCOCC2)CC1. The van der Waals surface area contributed by atoms with Crippen molar-refractivity contribution in [2.45, 2.75) is 50.6 Å². The van der Waals surface area contributed by atoms with E-state index in [2.05, 4.69) is 59.8 Å². The molecule has 2 fully saturated rings. The molecule has 2 saturated heterocycles. The number of fused-ring (bicyclic) bond motifs is 4. The maximum atomic E-state index is 13.7. The summed E-state index contributed by atoms with van der Waals surface area (Å²) in [5, 5.41) is 20.3. The Hall–Kier alpha value is -3.49. The quantitative estimate of drug-likeness (QED) is 0.554. The van der Waals surface area contributed by atoms with Crippen LogP contribution in [0.1, 0.15) is 78.0 Å². The first kappa shape index (κ1) is 24.8. The molecule has 3 heterocycles. The number of benzene rings is 2. The Morgan fingerprint density at radius 2 is 1.76 bits per heavy atom. The third kappa shape index (κ3) is 3.69. The van der Waals surface area contributed by atoms with Crippen molar-refractivity contribution in [1.29, 1.82) is 10.5 Å². The lowest BCUT2D eigenvalue weighted by atomic mass is 9.70. The molecule has 1 atom stereocenters. The topological polar surface area (TPSA) is 96.2 Å². The van der Waals surface area contributed by atoms with Crippen molar-refractivity contribution in [1.82, 2.24) is 14.8 Å². The Morgan fingerprint density at radius 1 is 1.03 bits per heavy atom. The number of nitriles is 2. The van der Waals surface area contributed by atoms with Gasteiger partial charge in [-0.05, 0) is 43.0 Å². The van der Waals surface area contributed by atoms with Gasteiger partial charge in [-0.1, -0.05) is 38.1 Å². The predicted molar refractivity (Wildman–Crippen MR) is 145 cm³/mol. The van der Waals surface area contributed by atoms with Crippen molar-refractivity contribution in [3.63, 3.8) is 0 Å². The molecule has 0 spiro atoms. The van der Waals surface area contributed by atoms with Gasteiger partial charge in [0, 0.05) is 59.8 Å². The largest absolute Gasteiger partial charge is 0.379 e. The molecule has 2 aromatic carbocycles. The summed E-state index contributed by atoms with van der Waals surface area (Å²) in [6.07, 6.45) is 1.65. The van der Waals surface area contributed by atoms with Crippen LogP contribution in [0.15, 0.2) is 36.4 Å². The molecular formula is C31H33N5O2. The highest BCUT2D eigenvalue weighted by Crippen LogP contribution is 2.45. The van der Waals surface area contributed by atoms with Crippen molar-refractivity contribution >= 4 is 16.7 Å². The van der Waals surface area contributed by atoms with Gasteiger partial charge in [0.2, 0.25) is 0 Å². The number of ketones is 1. The second kappa shape index (κ2) is 9.06. The summed E-state index contributed by atoms with van der Waals surface area (Å²) >= 11 is 0. The minimum atomic E-state index is -0.401. The number of ether oxygens (including phenoxy) is 1. The number of aromatic amines is 1. The zero-order chi connectivity index (χ0) is 26.7. The number of likely N-dealkylation sites (tertiary alicyclic amines) is 1. The Bertz CT molecular complexity index is 1510. The van der Waals surface area contributed by atoms with Crippen molar-refractivity contribution in [3.05, 3.63) is 69.9 Å². The van der Waals surface area contributed by atoms with E-state index >= 15 is 0 Å². The Kier molecular flexibility index (Phi) is 5.92. The Morgan fingerprint density at radius 3 is 2.45 bits per heavy atom. The van der Waals surface area contributed by atoms with E-state index < -0.39 is 11.0 Å². The minimum Gasteiger partial charge on any atom is -0.379 e. The number of hydrogen-bond acceptors (Lipinski definition) is 6. The fraction of sp³-hybridized carbons (Fsp3) is 0.452. The van der Waals surface area contributed by atoms with Crippen LogP contribution in [0, 0.1) is 22.7 Å². The highest BCUT2D eigenvalue weighted by atomic mass is 16.5. The number of nitrogens with zero attached hydrogens (tertiary/aromatic N) is 4.